The minimum atomic E-state index is -3.96. The lowest BCUT2D eigenvalue weighted by Gasteiger charge is -2.21. The first-order chi connectivity index (χ1) is 15.2. The van der Waals surface area contributed by atoms with Crippen LogP contribution in [0.2, 0.25) is 0 Å². The Kier molecular flexibility index (Phi) is 5.61. The molecule has 4 aromatic rings. The summed E-state index contributed by atoms with van der Waals surface area (Å²) in [6.45, 7) is 1.72. The van der Waals surface area contributed by atoms with Crippen molar-refractivity contribution in [1.29, 1.82) is 0 Å². The number of aromatic nitrogens is 3. The number of carboxylic acid groups (broad SMARTS) is 1. The zero-order chi connectivity index (χ0) is 23.0. The van der Waals surface area contributed by atoms with Gasteiger partial charge >= 0.3 is 5.97 Å². The summed E-state index contributed by atoms with van der Waals surface area (Å²) >= 11 is 1.35. The van der Waals surface area contributed by atoms with Crippen LogP contribution in [0.25, 0.3) is 11.0 Å². The molecule has 1 unspecified atom stereocenters. The van der Waals surface area contributed by atoms with Crippen molar-refractivity contribution in [3.8, 4) is 5.75 Å². The van der Waals surface area contributed by atoms with E-state index in [0.717, 1.165) is 0 Å². The van der Waals surface area contributed by atoms with Gasteiger partial charge in [0.1, 0.15) is 11.3 Å². The number of hydrogen-bond acceptors (Lipinski definition) is 8. The summed E-state index contributed by atoms with van der Waals surface area (Å²) in [4.78, 5) is 16.3. The minimum Gasteiger partial charge on any atom is -0.497 e. The number of rotatable bonds is 7. The molecule has 2 N–H and O–H groups in total. The molecule has 0 saturated heterocycles. The van der Waals surface area contributed by atoms with Gasteiger partial charge in [-0.05, 0) is 48.0 Å². The van der Waals surface area contributed by atoms with Gasteiger partial charge in [-0.3, -0.25) is 4.68 Å². The van der Waals surface area contributed by atoms with Gasteiger partial charge in [0.2, 0.25) is 9.84 Å². The second-order valence-electron chi connectivity index (χ2n) is 7.06. The van der Waals surface area contributed by atoms with E-state index >= 15 is 0 Å². The number of carboxylic acids is 1. The molecule has 32 heavy (non-hydrogen) atoms. The van der Waals surface area contributed by atoms with Crippen molar-refractivity contribution in [3.05, 3.63) is 64.1 Å². The molecule has 9 nitrogen and oxygen atoms in total. The van der Waals surface area contributed by atoms with Crippen LogP contribution in [0, 0.1) is 6.92 Å². The topological polar surface area (TPSA) is 123 Å². The first-order valence-corrected chi connectivity index (χ1v) is 11.9. The maximum atomic E-state index is 13.7. The normalized spacial score (nSPS) is 12.6. The van der Waals surface area contributed by atoms with E-state index in [-0.39, 0.29) is 16.1 Å². The lowest BCUT2D eigenvalue weighted by molar-refractivity contribution is 0.0697. The summed E-state index contributed by atoms with van der Waals surface area (Å²) < 4.78 is 34.0. The fourth-order valence-corrected chi connectivity index (χ4v) is 5.86. The van der Waals surface area contributed by atoms with Crippen molar-refractivity contribution in [3.63, 3.8) is 0 Å². The lowest BCUT2D eigenvalue weighted by atomic mass is 10.1. The van der Waals surface area contributed by atoms with E-state index in [9.17, 15) is 18.3 Å². The highest BCUT2D eigenvalue weighted by molar-refractivity contribution is 7.91. The number of hydrogen-bond donors (Lipinski definition) is 2. The number of nitrogens with one attached hydrogen (secondary N) is 1. The van der Waals surface area contributed by atoms with Crippen molar-refractivity contribution in [2.75, 3.05) is 12.4 Å². The van der Waals surface area contributed by atoms with Crippen LogP contribution in [0.4, 0.5) is 5.69 Å². The Labute approximate surface area is 188 Å². The highest BCUT2D eigenvalue weighted by Crippen LogP contribution is 2.36. The van der Waals surface area contributed by atoms with Crippen LogP contribution < -0.4 is 10.1 Å². The van der Waals surface area contributed by atoms with Gasteiger partial charge in [-0.2, -0.15) is 16.4 Å². The van der Waals surface area contributed by atoms with Crippen LogP contribution in [0.1, 0.15) is 27.0 Å². The van der Waals surface area contributed by atoms with E-state index in [1.165, 1.54) is 41.5 Å². The van der Waals surface area contributed by atoms with Gasteiger partial charge in [-0.25, -0.2) is 18.2 Å². The van der Waals surface area contributed by atoms with Gasteiger partial charge in [0.15, 0.2) is 11.0 Å². The quantitative estimate of drug-likeness (QED) is 0.418. The van der Waals surface area contributed by atoms with Crippen molar-refractivity contribution in [2.24, 2.45) is 7.05 Å². The molecule has 3 heterocycles. The molecule has 4 rings (SSSR count). The average Bonchev–Trinajstić information content (AvgIpc) is 3.40. The highest BCUT2D eigenvalue weighted by atomic mass is 32.2. The highest BCUT2D eigenvalue weighted by Gasteiger charge is 2.32. The summed E-state index contributed by atoms with van der Waals surface area (Å²) in [6.07, 6.45) is 1.21. The van der Waals surface area contributed by atoms with Gasteiger partial charge in [0, 0.05) is 18.8 Å². The monoisotopic (exact) mass is 472 g/mol. The Hall–Kier alpha value is -3.44. The number of fused-ring (bicyclic) bond motifs is 1. The third-order valence-corrected chi connectivity index (χ3v) is 7.72. The molecule has 0 aliphatic rings. The van der Waals surface area contributed by atoms with Crippen molar-refractivity contribution >= 4 is 43.9 Å². The molecule has 0 bridgehead atoms. The number of sulfone groups is 1. The number of nitrogens with zero attached hydrogens (tertiary/aromatic N) is 3. The number of aryl methyl sites for hydroxylation is 2. The number of anilines is 1. The van der Waals surface area contributed by atoms with Crippen LogP contribution in [0.3, 0.4) is 0 Å². The second-order valence-corrected chi connectivity index (χ2v) is 9.87. The molecule has 0 radical (unpaired) electrons. The Morgan fingerprint density at radius 1 is 1.25 bits per heavy atom. The SMILES string of the molecule is COc1ccc(S(=O)(=O)C(Nc2c(C(=O)O)cnc3c2c(C)nn3C)c2ccsc2)cc1. The summed E-state index contributed by atoms with van der Waals surface area (Å²) in [7, 11) is -0.776. The van der Waals surface area contributed by atoms with Crippen molar-refractivity contribution < 1.29 is 23.1 Å². The summed E-state index contributed by atoms with van der Waals surface area (Å²) in [5.74, 6) is -0.699. The first kappa shape index (κ1) is 21.8. The van der Waals surface area contributed by atoms with Crippen LogP contribution in [0.15, 0.2) is 52.2 Å². The van der Waals surface area contributed by atoms with Gasteiger partial charge in [0.05, 0.1) is 28.8 Å². The molecule has 0 aliphatic carbocycles. The fourth-order valence-electron chi connectivity index (χ4n) is 3.52. The zero-order valence-electron chi connectivity index (χ0n) is 17.4. The molecular formula is C21H20N4O5S2. The van der Waals surface area contributed by atoms with Crippen LogP contribution in [0.5, 0.6) is 5.75 Å². The minimum absolute atomic E-state index is 0.0760. The predicted octanol–water partition coefficient (Wildman–Crippen LogP) is 3.63. The number of pyridine rings is 1. The van der Waals surface area contributed by atoms with Crippen molar-refractivity contribution in [2.45, 2.75) is 17.2 Å². The predicted molar refractivity (Wildman–Crippen MR) is 121 cm³/mol. The Bertz CT molecular complexity index is 1390. The van der Waals surface area contributed by atoms with Gasteiger partial charge in [-0.15, -0.1) is 0 Å². The molecule has 0 aliphatic heterocycles. The van der Waals surface area contributed by atoms with E-state index in [2.05, 4.69) is 15.4 Å². The molecule has 166 valence electrons. The smallest absolute Gasteiger partial charge is 0.339 e. The van der Waals surface area contributed by atoms with Crippen LogP contribution in [-0.2, 0) is 16.9 Å². The number of carbonyl (C=O) groups is 1. The van der Waals surface area contributed by atoms with Gasteiger partial charge < -0.3 is 15.2 Å². The van der Waals surface area contributed by atoms with Gasteiger partial charge in [-0.1, -0.05) is 0 Å². The fraction of sp³-hybridized carbons (Fsp3) is 0.190. The van der Waals surface area contributed by atoms with E-state index in [1.54, 1.807) is 42.9 Å². The molecule has 3 aromatic heterocycles. The lowest BCUT2D eigenvalue weighted by Crippen LogP contribution is -2.23. The summed E-state index contributed by atoms with van der Waals surface area (Å²) in [5.41, 5.74) is 1.49. The number of thiophene rings is 1. The third-order valence-electron chi connectivity index (χ3n) is 5.08. The second kappa shape index (κ2) is 8.24. The molecular weight excluding hydrogens is 452 g/mol. The Balaban J connectivity index is 1.91. The van der Waals surface area contributed by atoms with E-state index < -0.39 is 21.2 Å². The zero-order valence-corrected chi connectivity index (χ0v) is 19.1. The molecule has 1 atom stereocenters. The third kappa shape index (κ3) is 3.69. The maximum Gasteiger partial charge on any atom is 0.339 e. The number of methoxy groups -OCH3 is 1. The first-order valence-electron chi connectivity index (χ1n) is 9.46. The molecule has 0 fully saturated rings. The standard InChI is InChI=1S/C21H20N4O5S2/c1-12-17-18(16(21(26)27)10-22-19(17)25(2)24-12)23-20(13-8-9-31-11-13)32(28,29)15-6-4-14(30-3)5-7-15/h4-11,20H,1-3H3,(H,22,23)(H,26,27). The van der Waals surface area contributed by atoms with Crippen LogP contribution in [-0.4, -0.2) is 41.4 Å². The number of benzene rings is 1. The molecule has 0 amide bonds. The summed E-state index contributed by atoms with van der Waals surface area (Å²) in [6, 6.07) is 7.75. The van der Waals surface area contributed by atoms with Crippen LogP contribution >= 0.6 is 11.3 Å². The molecule has 0 spiro atoms. The van der Waals surface area contributed by atoms with E-state index in [0.29, 0.717) is 28.0 Å². The van der Waals surface area contributed by atoms with Gasteiger partial charge in [0.25, 0.3) is 0 Å². The number of aromatic carboxylic acids is 1. The number of ether oxygens (including phenoxy) is 1. The maximum absolute atomic E-state index is 13.7. The average molecular weight is 473 g/mol. The molecule has 0 saturated carbocycles. The summed E-state index contributed by atoms with van der Waals surface area (Å²) in [5, 5.41) is 19.8. The van der Waals surface area contributed by atoms with Crippen molar-refractivity contribution in [1.82, 2.24) is 14.8 Å². The molecule has 1 aromatic carbocycles. The van der Waals surface area contributed by atoms with E-state index in [1.807, 2.05) is 0 Å². The Morgan fingerprint density at radius 2 is 1.97 bits per heavy atom. The largest absolute Gasteiger partial charge is 0.497 e. The Morgan fingerprint density at radius 3 is 2.56 bits per heavy atom. The van der Waals surface area contributed by atoms with E-state index in [4.69, 9.17) is 4.74 Å². The molecule has 11 heteroatoms.